The molecular formula is C15H29N3O. The lowest BCUT2D eigenvalue weighted by Crippen LogP contribution is -2.39. The average Bonchev–Trinajstić information content (AvgIpc) is 2.47. The van der Waals surface area contributed by atoms with E-state index in [1.807, 2.05) is 0 Å². The minimum atomic E-state index is 0.268. The molecule has 110 valence electrons. The standard InChI is InChI=1S/C15H29N3O/c1-2-18-9-5-14(6-10-18)12-17-15(19)11-13-3-7-16-8-4-13/h13-14,16H,2-12H2,1H3,(H,17,19). The third-order valence-electron chi connectivity index (χ3n) is 4.68. The minimum absolute atomic E-state index is 0.268. The second kappa shape index (κ2) is 7.85. The van der Waals surface area contributed by atoms with Gasteiger partial charge in [0.05, 0.1) is 0 Å². The molecule has 0 atom stereocenters. The number of hydrogen-bond acceptors (Lipinski definition) is 3. The van der Waals surface area contributed by atoms with Crippen molar-refractivity contribution in [2.75, 3.05) is 39.3 Å². The van der Waals surface area contributed by atoms with E-state index in [2.05, 4.69) is 22.5 Å². The second-order valence-corrected chi connectivity index (χ2v) is 6.08. The van der Waals surface area contributed by atoms with Crippen LogP contribution in [0.5, 0.6) is 0 Å². The Morgan fingerprint density at radius 3 is 2.47 bits per heavy atom. The lowest BCUT2D eigenvalue weighted by atomic mass is 9.93. The van der Waals surface area contributed by atoms with Gasteiger partial charge in [0.1, 0.15) is 0 Å². The molecule has 0 bridgehead atoms. The number of carbonyl (C=O) groups is 1. The summed E-state index contributed by atoms with van der Waals surface area (Å²) in [7, 11) is 0. The second-order valence-electron chi connectivity index (χ2n) is 6.08. The SMILES string of the molecule is CCN1CCC(CNC(=O)CC2CCNCC2)CC1. The topological polar surface area (TPSA) is 44.4 Å². The molecule has 0 saturated carbocycles. The molecule has 4 heteroatoms. The van der Waals surface area contributed by atoms with E-state index in [0.29, 0.717) is 11.8 Å². The molecule has 0 aromatic rings. The van der Waals surface area contributed by atoms with Crippen LogP contribution in [0.25, 0.3) is 0 Å². The maximum atomic E-state index is 11.9. The molecule has 2 aliphatic heterocycles. The van der Waals surface area contributed by atoms with Gasteiger partial charge in [0.25, 0.3) is 0 Å². The Balaban J connectivity index is 1.58. The number of nitrogens with one attached hydrogen (secondary N) is 2. The normalized spacial score (nSPS) is 23.4. The molecule has 2 fully saturated rings. The number of carbonyl (C=O) groups excluding carboxylic acids is 1. The molecule has 2 N–H and O–H groups in total. The molecule has 2 saturated heterocycles. The Kier molecular flexibility index (Phi) is 6.11. The van der Waals surface area contributed by atoms with Crippen LogP contribution in [0.2, 0.25) is 0 Å². The zero-order valence-electron chi connectivity index (χ0n) is 12.3. The Bertz CT molecular complexity index is 269. The van der Waals surface area contributed by atoms with Gasteiger partial charge >= 0.3 is 0 Å². The Hall–Kier alpha value is -0.610. The first-order valence-corrected chi connectivity index (χ1v) is 7.97. The first-order valence-electron chi connectivity index (χ1n) is 7.97. The molecule has 0 spiro atoms. The molecule has 19 heavy (non-hydrogen) atoms. The van der Waals surface area contributed by atoms with E-state index < -0.39 is 0 Å². The van der Waals surface area contributed by atoms with Crippen molar-refractivity contribution in [1.29, 1.82) is 0 Å². The van der Waals surface area contributed by atoms with Gasteiger partial charge in [0, 0.05) is 13.0 Å². The lowest BCUT2D eigenvalue weighted by molar-refractivity contribution is -0.122. The van der Waals surface area contributed by atoms with E-state index in [0.717, 1.165) is 45.4 Å². The monoisotopic (exact) mass is 267 g/mol. The zero-order valence-corrected chi connectivity index (χ0v) is 12.3. The summed E-state index contributed by atoms with van der Waals surface area (Å²) < 4.78 is 0. The van der Waals surface area contributed by atoms with Crippen molar-refractivity contribution in [2.45, 2.75) is 39.0 Å². The van der Waals surface area contributed by atoms with Gasteiger partial charge in [-0.05, 0) is 70.2 Å². The van der Waals surface area contributed by atoms with E-state index in [1.54, 1.807) is 0 Å². The summed E-state index contributed by atoms with van der Waals surface area (Å²) in [6.07, 6.45) is 5.52. The van der Waals surface area contributed by atoms with Gasteiger partial charge in [-0.15, -0.1) is 0 Å². The van der Waals surface area contributed by atoms with Crippen LogP contribution in [0.4, 0.5) is 0 Å². The zero-order chi connectivity index (χ0) is 13.5. The van der Waals surface area contributed by atoms with Gasteiger partial charge in [-0.1, -0.05) is 6.92 Å². The van der Waals surface area contributed by atoms with Crippen LogP contribution in [0.15, 0.2) is 0 Å². The van der Waals surface area contributed by atoms with E-state index >= 15 is 0 Å². The van der Waals surface area contributed by atoms with E-state index in [9.17, 15) is 4.79 Å². The smallest absolute Gasteiger partial charge is 0.220 e. The van der Waals surface area contributed by atoms with Crippen molar-refractivity contribution < 1.29 is 4.79 Å². The number of nitrogens with zero attached hydrogens (tertiary/aromatic N) is 1. The maximum absolute atomic E-state index is 11.9. The summed E-state index contributed by atoms with van der Waals surface area (Å²) in [5.74, 6) is 1.56. The van der Waals surface area contributed by atoms with Crippen LogP contribution < -0.4 is 10.6 Å². The summed E-state index contributed by atoms with van der Waals surface area (Å²) in [6, 6.07) is 0. The average molecular weight is 267 g/mol. The van der Waals surface area contributed by atoms with Gasteiger partial charge in [0.15, 0.2) is 0 Å². The molecule has 1 amide bonds. The summed E-state index contributed by atoms with van der Waals surface area (Å²) in [6.45, 7) is 8.83. The van der Waals surface area contributed by atoms with Crippen molar-refractivity contribution in [1.82, 2.24) is 15.5 Å². The Labute approximate surface area is 117 Å². The van der Waals surface area contributed by atoms with Crippen LogP contribution in [-0.2, 0) is 4.79 Å². The summed E-state index contributed by atoms with van der Waals surface area (Å²) in [5, 5.41) is 6.50. The van der Waals surface area contributed by atoms with Gasteiger partial charge in [0.2, 0.25) is 5.91 Å². The Morgan fingerprint density at radius 1 is 1.16 bits per heavy atom. The van der Waals surface area contributed by atoms with Crippen molar-refractivity contribution in [3.05, 3.63) is 0 Å². The predicted octanol–water partition coefficient (Wildman–Crippen LogP) is 1.22. The van der Waals surface area contributed by atoms with Crippen LogP contribution in [-0.4, -0.2) is 50.1 Å². The fraction of sp³-hybridized carbons (Fsp3) is 0.933. The minimum Gasteiger partial charge on any atom is -0.356 e. The molecule has 2 aliphatic rings. The molecule has 0 aromatic heterocycles. The highest BCUT2D eigenvalue weighted by Gasteiger charge is 2.20. The Morgan fingerprint density at radius 2 is 1.84 bits per heavy atom. The first-order chi connectivity index (χ1) is 9.28. The lowest BCUT2D eigenvalue weighted by Gasteiger charge is -2.31. The fourth-order valence-electron chi connectivity index (χ4n) is 3.19. The van der Waals surface area contributed by atoms with Crippen molar-refractivity contribution in [2.24, 2.45) is 11.8 Å². The molecule has 0 radical (unpaired) electrons. The number of likely N-dealkylation sites (tertiary alicyclic amines) is 1. The highest BCUT2D eigenvalue weighted by Crippen LogP contribution is 2.17. The van der Waals surface area contributed by atoms with E-state index in [4.69, 9.17) is 0 Å². The van der Waals surface area contributed by atoms with Crippen molar-refractivity contribution in [3.8, 4) is 0 Å². The number of hydrogen-bond donors (Lipinski definition) is 2. The molecule has 0 unspecified atom stereocenters. The number of piperidine rings is 2. The molecule has 0 aliphatic carbocycles. The van der Waals surface area contributed by atoms with Gasteiger partial charge in [-0.2, -0.15) is 0 Å². The highest BCUT2D eigenvalue weighted by atomic mass is 16.1. The summed E-state index contributed by atoms with van der Waals surface area (Å²) >= 11 is 0. The van der Waals surface area contributed by atoms with Gasteiger partial charge in [-0.3, -0.25) is 4.79 Å². The van der Waals surface area contributed by atoms with Crippen molar-refractivity contribution in [3.63, 3.8) is 0 Å². The maximum Gasteiger partial charge on any atom is 0.220 e. The number of rotatable bonds is 5. The van der Waals surface area contributed by atoms with Crippen LogP contribution >= 0.6 is 0 Å². The molecule has 2 rings (SSSR count). The molecule has 0 aromatic carbocycles. The summed E-state index contributed by atoms with van der Waals surface area (Å²) in [4.78, 5) is 14.4. The van der Waals surface area contributed by atoms with Crippen LogP contribution in [0, 0.1) is 11.8 Å². The third kappa shape index (κ3) is 5.11. The van der Waals surface area contributed by atoms with Gasteiger partial charge < -0.3 is 15.5 Å². The largest absolute Gasteiger partial charge is 0.356 e. The van der Waals surface area contributed by atoms with Crippen LogP contribution in [0.3, 0.4) is 0 Å². The van der Waals surface area contributed by atoms with Crippen LogP contribution in [0.1, 0.15) is 39.0 Å². The third-order valence-corrected chi connectivity index (χ3v) is 4.68. The molecule has 2 heterocycles. The molecule has 4 nitrogen and oxygen atoms in total. The highest BCUT2D eigenvalue weighted by molar-refractivity contribution is 5.76. The number of amides is 1. The quantitative estimate of drug-likeness (QED) is 0.787. The predicted molar refractivity (Wildman–Crippen MR) is 78.1 cm³/mol. The fourth-order valence-corrected chi connectivity index (χ4v) is 3.19. The van der Waals surface area contributed by atoms with Crippen molar-refractivity contribution >= 4 is 5.91 Å². The first kappa shape index (κ1) is 14.8. The van der Waals surface area contributed by atoms with Gasteiger partial charge in [-0.25, -0.2) is 0 Å². The van der Waals surface area contributed by atoms with E-state index in [-0.39, 0.29) is 5.91 Å². The summed E-state index contributed by atoms with van der Waals surface area (Å²) in [5.41, 5.74) is 0. The molecular weight excluding hydrogens is 238 g/mol. The van der Waals surface area contributed by atoms with E-state index in [1.165, 1.54) is 25.9 Å².